The summed E-state index contributed by atoms with van der Waals surface area (Å²) in [6, 6.07) is 58.7. The first-order valence-electron chi connectivity index (χ1n) is 16.9. The van der Waals surface area contributed by atoms with E-state index in [4.69, 9.17) is 9.97 Å². The van der Waals surface area contributed by atoms with Crippen LogP contribution in [0.25, 0.3) is 103 Å². The van der Waals surface area contributed by atoms with Crippen LogP contribution in [0.3, 0.4) is 0 Å². The summed E-state index contributed by atoms with van der Waals surface area (Å²) in [7, 11) is 0. The molecule has 0 aliphatic rings. The van der Waals surface area contributed by atoms with E-state index in [0.717, 1.165) is 50.4 Å². The van der Waals surface area contributed by atoms with Crippen molar-refractivity contribution in [2.45, 2.75) is 0 Å². The molecule has 0 unspecified atom stereocenters. The van der Waals surface area contributed by atoms with Gasteiger partial charge in [-0.1, -0.05) is 115 Å². The molecule has 50 heavy (non-hydrogen) atoms. The summed E-state index contributed by atoms with van der Waals surface area (Å²) in [5.74, 6) is 0. The summed E-state index contributed by atoms with van der Waals surface area (Å²) in [6.07, 6.45) is 0. The Balaban J connectivity index is 1.25. The van der Waals surface area contributed by atoms with Gasteiger partial charge in [-0.3, -0.25) is 0 Å². The van der Waals surface area contributed by atoms with Crippen LogP contribution in [-0.4, -0.2) is 14.5 Å². The highest BCUT2D eigenvalue weighted by Gasteiger charge is 2.23. The first kappa shape index (κ1) is 27.6. The number of hydrogen-bond donors (Lipinski definition) is 0. The van der Waals surface area contributed by atoms with Gasteiger partial charge in [-0.2, -0.15) is 0 Å². The summed E-state index contributed by atoms with van der Waals surface area (Å²) in [5, 5.41) is 7.87. The highest BCUT2D eigenvalue weighted by atomic mass is 32.1. The molecule has 3 heterocycles. The quantitative estimate of drug-likeness (QED) is 0.189. The van der Waals surface area contributed by atoms with Gasteiger partial charge in [0.05, 0.1) is 33.5 Å². The van der Waals surface area contributed by atoms with E-state index in [1.54, 1.807) is 0 Å². The van der Waals surface area contributed by atoms with Gasteiger partial charge >= 0.3 is 0 Å². The highest BCUT2D eigenvalue weighted by molar-refractivity contribution is 7.24. The van der Waals surface area contributed by atoms with E-state index in [9.17, 15) is 0 Å². The van der Waals surface area contributed by atoms with Crippen molar-refractivity contribution >= 4 is 75.1 Å². The molecule has 0 saturated heterocycles. The summed E-state index contributed by atoms with van der Waals surface area (Å²) in [5.41, 5.74) is 11.4. The Morgan fingerprint density at radius 1 is 0.400 bits per heavy atom. The molecule has 0 aliphatic heterocycles. The van der Waals surface area contributed by atoms with E-state index in [1.807, 2.05) is 35.6 Å². The van der Waals surface area contributed by atoms with E-state index in [0.29, 0.717) is 0 Å². The lowest BCUT2D eigenvalue weighted by molar-refractivity contribution is 1.18. The minimum Gasteiger partial charge on any atom is -0.309 e. The summed E-state index contributed by atoms with van der Waals surface area (Å²) >= 11 is 1.89. The number of benzene rings is 8. The van der Waals surface area contributed by atoms with Crippen LogP contribution in [0.4, 0.5) is 0 Å². The van der Waals surface area contributed by atoms with Crippen molar-refractivity contribution in [3.63, 3.8) is 0 Å². The van der Waals surface area contributed by atoms with Crippen LogP contribution in [0.2, 0.25) is 0 Å². The van der Waals surface area contributed by atoms with Gasteiger partial charge in [0.2, 0.25) is 0 Å². The summed E-state index contributed by atoms with van der Waals surface area (Å²) in [4.78, 5) is 10.5. The van der Waals surface area contributed by atoms with Gasteiger partial charge in [0.15, 0.2) is 0 Å². The van der Waals surface area contributed by atoms with Gasteiger partial charge in [-0.05, 0) is 70.4 Å². The number of fused-ring (bicyclic) bond motifs is 1. The SMILES string of the molecule is c1ccc(-c2cc(-n3c4ccc5cccc6sc7cccc8ccc3c(c87)c4c56)ccc2-c2nc3ccccc3nc2-c2ccccc2)cc1. The minimum absolute atomic E-state index is 0.875. The van der Waals surface area contributed by atoms with Crippen molar-refractivity contribution in [2.24, 2.45) is 0 Å². The average molecular weight is 654 g/mol. The Morgan fingerprint density at radius 3 is 1.58 bits per heavy atom. The maximum Gasteiger partial charge on any atom is 0.0979 e. The molecule has 0 aliphatic carbocycles. The minimum atomic E-state index is 0.875. The molecule has 3 aromatic heterocycles. The third-order valence-electron chi connectivity index (χ3n) is 10.1. The first-order valence-corrected chi connectivity index (χ1v) is 17.7. The van der Waals surface area contributed by atoms with Crippen molar-refractivity contribution in [3.8, 4) is 39.3 Å². The monoisotopic (exact) mass is 653 g/mol. The van der Waals surface area contributed by atoms with Crippen LogP contribution in [0, 0.1) is 0 Å². The van der Waals surface area contributed by atoms with Crippen LogP contribution in [0.15, 0.2) is 164 Å². The molecule has 0 bridgehead atoms. The standard InChI is InChI=1S/C46H27N3S/c1-3-11-28(12-4-1)34-27-32(23-24-33(34)46-45(31-13-5-2-6-14-31)47-35-17-7-8-18-36(35)48-46)49-37-25-21-29-15-9-19-39-41(29)43(37)44-38(49)26-22-30-16-10-20-40(50-39)42(30)44/h1-27H. The molecule has 11 aromatic rings. The van der Waals surface area contributed by atoms with Crippen molar-refractivity contribution in [3.05, 3.63) is 164 Å². The largest absolute Gasteiger partial charge is 0.309 e. The normalized spacial score (nSPS) is 12.0. The molecular formula is C46H27N3S. The molecule has 0 saturated carbocycles. The Labute approximate surface area is 291 Å². The second-order valence-electron chi connectivity index (χ2n) is 12.9. The van der Waals surface area contributed by atoms with Gasteiger partial charge in [0.1, 0.15) is 0 Å². The van der Waals surface area contributed by atoms with E-state index < -0.39 is 0 Å². The van der Waals surface area contributed by atoms with Crippen molar-refractivity contribution < 1.29 is 0 Å². The van der Waals surface area contributed by atoms with E-state index in [2.05, 4.69) is 144 Å². The molecule has 0 radical (unpaired) electrons. The molecule has 0 N–H and O–H groups in total. The zero-order valence-electron chi connectivity index (χ0n) is 26.8. The van der Waals surface area contributed by atoms with E-state index >= 15 is 0 Å². The number of nitrogens with zero attached hydrogens (tertiary/aromatic N) is 3. The van der Waals surface area contributed by atoms with Crippen molar-refractivity contribution in [1.82, 2.24) is 14.5 Å². The Hall–Kier alpha value is -6.36. The fourth-order valence-electron chi connectivity index (χ4n) is 7.96. The zero-order chi connectivity index (χ0) is 32.8. The predicted molar refractivity (Wildman–Crippen MR) is 212 cm³/mol. The van der Waals surface area contributed by atoms with Crippen LogP contribution in [0.1, 0.15) is 0 Å². The molecule has 0 atom stereocenters. The lowest BCUT2D eigenvalue weighted by atomic mass is 9.94. The Kier molecular flexibility index (Phi) is 5.83. The first-order chi connectivity index (χ1) is 24.8. The molecule has 3 nitrogen and oxygen atoms in total. The zero-order valence-corrected chi connectivity index (χ0v) is 27.7. The van der Waals surface area contributed by atoms with Crippen LogP contribution >= 0.6 is 11.3 Å². The third-order valence-corrected chi connectivity index (χ3v) is 11.3. The number of para-hydroxylation sites is 2. The molecule has 232 valence electrons. The van der Waals surface area contributed by atoms with Gasteiger partial charge in [-0.15, -0.1) is 11.3 Å². The maximum absolute atomic E-state index is 5.31. The molecule has 11 rings (SSSR count). The topological polar surface area (TPSA) is 30.7 Å². The van der Waals surface area contributed by atoms with Crippen molar-refractivity contribution in [2.75, 3.05) is 0 Å². The molecule has 0 amide bonds. The highest BCUT2D eigenvalue weighted by Crippen LogP contribution is 2.47. The molecule has 8 aromatic carbocycles. The Bertz CT molecular complexity index is 2980. The number of hydrogen-bond acceptors (Lipinski definition) is 3. The number of aromatic nitrogens is 3. The van der Waals surface area contributed by atoms with Gasteiger partial charge in [-0.25, -0.2) is 9.97 Å². The second-order valence-corrected chi connectivity index (χ2v) is 14.0. The molecular weight excluding hydrogens is 627 g/mol. The molecule has 0 spiro atoms. The molecule has 0 fully saturated rings. The van der Waals surface area contributed by atoms with E-state index in [1.165, 1.54) is 52.8 Å². The van der Waals surface area contributed by atoms with Crippen LogP contribution in [-0.2, 0) is 0 Å². The average Bonchev–Trinajstić information content (AvgIpc) is 3.44. The van der Waals surface area contributed by atoms with Crippen LogP contribution < -0.4 is 0 Å². The lowest BCUT2D eigenvalue weighted by Gasteiger charge is -2.17. The van der Waals surface area contributed by atoms with Crippen LogP contribution in [0.5, 0.6) is 0 Å². The summed E-state index contributed by atoms with van der Waals surface area (Å²) in [6.45, 7) is 0. The van der Waals surface area contributed by atoms with Gasteiger partial charge in [0.25, 0.3) is 0 Å². The fraction of sp³-hybridized carbons (Fsp3) is 0. The third kappa shape index (κ3) is 3.97. The van der Waals surface area contributed by atoms with E-state index in [-0.39, 0.29) is 0 Å². The van der Waals surface area contributed by atoms with Gasteiger partial charge < -0.3 is 4.57 Å². The Morgan fingerprint density at radius 2 is 0.960 bits per heavy atom. The molecule has 4 heteroatoms. The summed E-state index contributed by atoms with van der Waals surface area (Å²) < 4.78 is 5.08. The second kappa shape index (κ2) is 10.6. The van der Waals surface area contributed by atoms with Crippen molar-refractivity contribution in [1.29, 1.82) is 0 Å². The van der Waals surface area contributed by atoms with Gasteiger partial charge in [0, 0.05) is 47.8 Å². The maximum atomic E-state index is 5.31. The lowest BCUT2D eigenvalue weighted by Crippen LogP contribution is -1.99. The predicted octanol–water partition coefficient (Wildman–Crippen LogP) is 12.7. The smallest absolute Gasteiger partial charge is 0.0979 e. The fourth-order valence-corrected chi connectivity index (χ4v) is 9.14. The number of rotatable bonds is 4.